The van der Waals surface area contributed by atoms with E-state index < -0.39 is 0 Å². The second-order valence-electron chi connectivity index (χ2n) is 16.2. The maximum Gasteiger partial charge on any atom is 0.0491 e. The molecule has 0 radical (unpaired) electrons. The first-order valence-electron chi connectivity index (χ1n) is 22.0. The number of nitrogens with zero attached hydrogens (tertiary/aromatic N) is 1. The summed E-state index contributed by atoms with van der Waals surface area (Å²) in [6.45, 7) is 0. The molecule has 0 aliphatic heterocycles. The summed E-state index contributed by atoms with van der Waals surface area (Å²) < 4.78 is 0. The fraction of sp³-hybridized carbons (Fsp3) is 0.0323. The fourth-order valence-electron chi connectivity index (χ4n) is 9.00. The lowest BCUT2D eigenvalue weighted by molar-refractivity contribution is 1.03. The molecule has 0 saturated heterocycles. The van der Waals surface area contributed by atoms with E-state index in [1.165, 1.54) is 77.1 Å². The van der Waals surface area contributed by atoms with Crippen LogP contribution in [0.2, 0.25) is 0 Å². The third-order valence-electron chi connectivity index (χ3n) is 12.2. The van der Waals surface area contributed by atoms with Crippen LogP contribution in [0.15, 0.2) is 255 Å². The van der Waals surface area contributed by atoms with Crippen molar-refractivity contribution in [3.8, 4) is 33.4 Å². The van der Waals surface area contributed by atoms with Gasteiger partial charge in [-0.3, -0.25) is 0 Å². The Morgan fingerprint density at radius 1 is 0.531 bits per heavy atom. The van der Waals surface area contributed by atoms with E-state index in [0.717, 1.165) is 28.8 Å². The van der Waals surface area contributed by atoms with Crippen molar-refractivity contribution in [2.75, 3.05) is 17.3 Å². The number of anilines is 2. The van der Waals surface area contributed by atoms with Gasteiger partial charge < -0.3 is 10.2 Å². The molecule has 0 saturated carbocycles. The molecule has 10 rings (SSSR count). The van der Waals surface area contributed by atoms with Crippen molar-refractivity contribution in [3.05, 3.63) is 266 Å². The van der Waals surface area contributed by atoms with Crippen molar-refractivity contribution < 1.29 is 0 Å². The Labute approximate surface area is 376 Å². The second-order valence-corrected chi connectivity index (χ2v) is 16.2. The monoisotopic (exact) mass is 820 g/mol. The summed E-state index contributed by atoms with van der Waals surface area (Å²) in [5.41, 5.74) is 14.0. The zero-order chi connectivity index (χ0) is 43.1. The molecule has 1 aliphatic carbocycles. The average molecular weight is 821 g/mol. The second kappa shape index (κ2) is 18.4. The molecule has 0 spiro atoms. The predicted molar refractivity (Wildman–Crippen MR) is 277 cm³/mol. The van der Waals surface area contributed by atoms with Crippen LogP contribution in [0.3, 0.4) is 0 Å². The van der Waals surface area contributed by atoms with Gasteiger partial charge in [-0.05, 0) is 119 Å². The lowest BCUT2D eigenvalue weighted by Gasteiger charge is -2.27. The van der Waals surface area contributed by atoms with Gasteiger partial charge in [0, 0.05) is 42.3 Å². The van der Waals surface area contributed by atoms with Gasteiger partial charge in [0.25, 0.3) is 0 Å². The largest absolute Gasteiger partial charge is 0.362 e. The first-order chi connectivity index (χ1) is 31.7. The van der Waals surface area contributed by atoms with E-state index in [4.69, 9.17) is 0 Å². The predicted octanol–water partition coefficient (Wildman–Crippen LogP) is 16.7. The normalized spacial score (nSPS) is 13.0. The minimum Gasteiger partial charge on any atom is -0.362 e. The van der Waals surface area contributed by atoms with Crippen LogP contribution >= 0.6 is 0 Å². The molecule has 9 aromatic carbocycles. The van der Waals surface area contributed by atoms with Crippen molar-refractivity contribution in [2.45, 2.75) is 6.42 Å². The fourth-order valence-corrected chi connectivity index (χ4v) is 9.00. The topological polar surface area (TPSA) is 15.3 Å². The molecular formula is C62H48N2. The molecule has 0 fully saturated rings. The Kier molecular flexibility index (Phi) is 11.5. The molecule has 306 valence electrons. The van der Waals surface area contributed by atoms with Crippen LogP contribution in [0, 0.1) is 0 Å². The molecule has 0 heterocycles. The van der Waals surface area contributed by atoms with E-state index in [2.05, 4.69) is 266 Å². The van der Waals surface area contributed by atoms with Crippen molar-refractivity contribution in [2.24, 2.45) is 0 Å². The smallest absolute Gasteiger partial charge is 0.0491 e. The number of fused-ring (bicyclic) bond motifs is 4. The molecule has 2 heteroatoms. The van der Waals surface area contributed by atoms with E-state index in [0.29, 0.717) is 0 Å². The summed E-state index contributed by atoms with van der Waals surface area (Å²) in [5.74, 6) is 0. The molecule has 64 heavy (non-hydrogen) atoms. The molecular weight excluding hydrogens is 773 g/mol. The molecule has 0 unspecified atom stereocenters. The number of hydrogen-bond acceptors (Lipinski definition) is 2. The van der Waals surface area contributed by atoms with Crippen LogP contribution in [0.1, 0.15) is 17.5 Å². The van der Waals surface area contributed by atoms with Gasteiger partial charge in [-0.15, -0.1) is 0 Å². The van der Waals surface area contributed by atoms with Crippen LogP contribution in [0.25, 0.3) is 77.3 Å². The van der Waals surface area contributed by atoms with E-state index in [9.17, 15) is 0 Å². The first-order valence-corrected chi connectivity index (χ1v) is 22.0. The lowest BCUT2D eigenvalue weighted by atomic mass is 9.89. The van der Waals surface area contributed by atoms with Gasteiger partial charge >= 0.3 is 0 Å². The summed E-state index contributed by atoms with van der Waals surface area (Å²) in [6, 6.07) is 69.9. The maximum absolute atomic E-state index is 3.63. The molecule has 0 atom stereocenters. The number of rotatable bonds is 11. The van der Waals surface area contributed by atoms with Crippen LogP contribution < -0.4 is 10.2 Å². The van der Waals surface area contributed by atoms with E-state index in [1.807, 2.05) is 6.20 Å². The number of hydrogen-bond donors (Lipinski definition) is 1. The first kappa shape index (κ1) is 39.9. The number of benzene rings is 9. The highest BCUT2D eigenvalue weighted by atomic mass is 15.1. The summed E-state index contributed by atoms with van der Waals surface area (Å²) in [4.78, 5) is 2.35. The zero-order valence-electron chi connectivity index (χ0n) is 35.9. The molecule has 2 nitrogen and oxygen atoms in total. The quantitative estimate of drug-likeness (QED) is 0.103. The summed E-state index contributed by atoms with van der Waals surface area (Å²) >= 11 is 0. The van der Waals surface area contributed by atoms with Gasteiger partial charge in [-0.2, -0.15) is 0 Å². The van der Waals surface area contributed by atoms with Gasteiger partial charge in [-0.1, -0.05) is 206 Å². The van der Waals surface area contributed by atoms with E-state index in [1.54, 1.807) is 0 Å². The minimum absolute atomic E-state index is 0.860. The summed E-state index contributed by atoms with van der Waals surface area (Å²) in [6.07, 6.45) is 22.5. The molecule has 0 bridgehead atoms. The minimum atomic E-state index is 0.860. The molecule has 9 aromatic rings. The van der Waals surface area contributed by atoms with Gasteiger partial charge in [0.1, 0.15) is 0 Å². The SMILES string of the molecule is CN(C1=CC=CC=CC1)c1cccc(-c2cccc(N/C=C/C=C(\C=C/c3cccc(-c4ccccc4)c3)c3cc4ccccc4c4ccccc34)c2)c1-c1cccc2ccccc12. The van der Waals surface area contributed by atoms with Gasteiger partial charge in [0.05, 0.1) is 0 Å². The van der Waals surface area contributed by atoms with E-state index in [-0.39, 0.29) is 0 Å². The van der Waals surface area contributed by atoms with Gasteiger partial charge in [0.15, 0.2) is 0 Å². The van der Waals surface area contributed by atoms with Crippen molar-refractivity contribution in [3.63, 3.8) is 0 Å². The number of allylic oxidation sites excluding steroid dienone is 9. The standard InChI is InChI=1S/C62H48N2/c1-64(53-30-7-2-3-8-31-53)61-38-18-36-56(62(61)59-37-17-25-47-23-9-11-32-54(47)59)50-27-16-29-52(43-50)63-41-19-28-48(40-39-45-20-15-26-49(42-45)46-21-5-4-6-22-46)60-44-51-24-10-12-33-55(51)57-34-13-14-35-58(57)60/h2-30,32-44,63H,31H2,1H3/b40-39-,41-19+,48-28+. The molecule has 0 aromatic heterocycles. The maximum atomic E-state index is 3.63. The Balaban J connectivity index is 1.02. The van der Waals surface area contributed by atoms with Gasteiger partial charge in [-0.25, -0.2) is 0 Å². The summed E-state index contributed by atoms with van der Waals surface area (Å²) in [7, 11) is 2.19. The Bertz CT molecular complexity index is 3340. The van der Waals surface area contributed by atoms with Crippen molar-refractivity contribution >= 4 is 55.3 Å². The molecule has 0 amide bonds. The van der Waals surface area contributed by atoms with Gasteiger partial charge in [0.2, 0.25) is 0 Å². The third-order valence-corrected chi connectivity index (χ3v) is 12.2. The number of nitrogens with one attached hydrogen (secondary N) is 1. The Hall–Kier alpha value is -8.20. The van der Waals surface area contributed by atoms with Crippen LogP contribution in [0.5, 0.6) is 0 Å². The highest BCUT2D eigenvalue weighted by Crippen LogP contribution is 2.44. The average Bonchev–Trinajstić information content (AvgIpc) is 3.66. The Morgan fingerprint density at radius 3 is 2.11 bits per heavy atom. The van der Waals surface area contributed by atoms with Crippen molar-refractivity contribution in [1.29, 1.82) is 0 Å². The highest BCUT2D eigenvalue weighted by molar-refractivity contribution is 6.13. The zero-order valence-corrected chi connectivity index (χ0v) is 35.9. The Morgan fingerprint density at radius 2 is 1.22 bits per heavy atom. The molecule has 1 N–H and O–H groups in total. The van der Waals surface area contributed by atoms with E-state index >= 15 is 0 Å². The van der Waals surface area contributed by atoms with Crippen LogP contribution in [-0.4, -0.2) is 7.05 Å². The third kappa shape index (κ3) is 8.38. The lowest BCUT2D eigenvalue weighted by Crippen LogP contribution is -2.17. The molecule has 1 aliphatic rings. The summed E-state index contributed by atoms with van der Waals surface area (Å²) in [5, 5.41) is 11.0. The van der Waals surface area contributed by atoms with Crippen LogP contribution in [-0.2, 0) is 0 Å². The highest BCUT2D eigenvalue weighted by Gasteiger charge is 2.19. The van der Waals surface area contributed by atoms with Crippen molar-refractivity contribution in [1.82, 2.24) is 0 Å². The van der Waals surface area contributed by atoms with Crippen LogP contribution in [0.4, 0.5) is 11.4 Å².